The van der Waals surface area contributed by atoms with E-state index in [1.165, 1.54) is 18.9 Å². The minimum absolute atomic E-state index is 0.0185. The molecule has 20 heavy (non-hydrogen) atoms. The van der Waals surface area contributed by atoms with Crippen molar-refractivity contribution in [1.29, 1.82) is 0 Å². The molecule has 0 bridgehead atoms. The lowest BCUT2D eigenvalue weighted by Gasteiger charge is -2.20. The van der Waals surface area contributed by atoms with Crippen LogP contribution >= 0.6 is 0 Å². The number of nitrogens with zero attached hydrogens (tertiary/aromatic N) is 1. The standard InChI is InChI=1S/C16H19NO3/c1-2-17(11-13-6-7-13)16(20)14-5-3-4-12(10-14)8-9-15(18)19/h3-5,8-10,13H,2,6-7,11H2,1H3,(H,18,19). The minimum Gasteiger partial charge on any atom is -0.478 e. The third-order valence-electron chi connectivity index (χ3n) is 3.40. The summed E-state index contributed by atoms with van der Waals surface area (Å²) in [6, 6.07) is 7.07. The van der Waals surface area contributed by atoms with Crippen LogP contribution in [0.25, 0.3) is 6.08 Å². The highest BCUT2D eigenvalue weighted by molar-refractivity contribution is 5.95. The van der Waals surface area contributed by atoms with Gasteiger partial charge in [0.05, 0.1) is 0 Å². The maximum atomic E-state index is 12.4. The van der Waals surface area contributed by atoms with E-state index < -0.39 is 5.97 Å². The average Bonchev–Trinajstić information content (AvgIpc) is 3.26. The lowest BCUT2D eigenvalue weighted by Crippen LogP contribution is -2.32. The van der Waals surface area contributed by atoms with Crippen LogP contribution < -0.4 is 0 Å². The van der Waals surface area contributed by atoms with Gasteiger partial charge in [-0.2, -0.15) is 0 Å². The van der Waals surface area contributed by atoms with Crippen molar-refractivity contribution in [3.05, 3.63) is 41.5 Å². The van der Waals surface area contributed by atoms with Crippen molar-refractivity contribution in [2.24, 2.45) is 5.92 Å². The molecule has 4 nitrogen and oxygen atoms in total. The Hall–Kier alpha value is -2.10. The van der Waals surface area contributed by atoms with E-state index in [1.54, 1.807) is 24.3 Å². The van der Waals surface area contributed by atoms with Gasteiger partial charge in [-0.1, -0.05) is 12.1 Å². The number of amides is 1. The first kappa shape index (κ1) is 14.3. The monoisotopic (exact) mass is 273 g/mol. The molecule has 0 atom stereocenters. The first-order chi connectivity index (χ1) is 9.60. The summed E-state index contributed by atoms with van der Waals surface area (Å²) in [6.45, 7) is 3.50. The largest absolute Gasteiger partial charge is 0.478 e. The van der Waals surface area contributed by atoms with Gasteiger partial charge in [0.25, 0.3) is 5.91 Å². The first-order valence-electron chi connectivity index (χ1n) is 6.90. The molecule has 0 saturated heterocycles. The zero-order valence-electron chi connectivity index (χ0n) is 11.6. The molecule has 4 heteroatoms. The lowest BCUT2D eigenvalue weighted by molar-refractivity contribution is -0.131. The number of carbonyl (C=O) groups is 2. The Morgan fingerprint density at radius 3 is 2.75 bits per heavy atom. The molecule has 1 aliphatic rings. The van der Waals surface area contributed by atoms with E-state index in [9.17, 15) is 9.59 Å². The molecular formula is C16H19NO3. The number of rotatable bonds is 6. The quantitative estimate of drug-likeness (QED) is 0.811. The van der Waals surface area contributed by atoms with Crippen LogP contribution in [0.4, 0.5) is 0 Å². The van der Waals surface area contributed by atoms with E-state index in [4.69, 9.17) is 5.11 Å². The topological polar surface area (TPSA) is 57.6 Å². The molecular weight excluding hydrogens is 254 g/mol. The van der Waals surface area contributed by atoms with E-state index in [2.05, 4.69) is 0 Å². The predicted octanol–water partition coefficient (Wildman–Crippen LogP) is 2.66. The van der Waals surface area contributed by atoms with Crippen LogP contribution in [-0.2, 0) is 4.79 Å². The molecule has 0 spiro atoms. The van der Waals surface area contributed by atoms with Crippen LogP contribution in [0.3, 0.4) is 0 Å². The van der Waals surface area contributed by atoms with Gasteiger partial charge in [-0.25, -0.2) is 4.79 Å². The second kappa shape index (κ2) is 6.37. The van der Waals surface area contributed by atoms with E-state index >= 15 is 0 Å². The first-order valence-corrected chi connectivity index (χ1v) is 6.90. The fourth-order valence-corrected chi connectivity index (χ4v) is 2.09. The highest BCUT2D eigenvalue weighted by Crippen LogP contribution is 2.30. The average molecular weight is 273 g/mol. The summed E-state index contributed by atoms with van der Waals surface area (Å²) < 4.78 is 0. The molecule has 1 fully saturated rings. The molecule has 1 N–H and O–H groups in total. The molecule has 1 aromatic carbocycles. The normalized spacial score (nSPS) is 14.4. The fourth-order valence-electron chi connectivity index (χ4n) is 2.09. The summed E-state index contributed by atoms with van der Waals surface area (Å²) >= 11 is 0. The Kier molecular flexibility index (Phi) is 4.56. The summed E-state index contributed by atoms with van der Waals surface area (Å²) in [5, 5.41) is 8.62. The summed E-state index contributed by atoms with van der Waals surface area (Å²) in [5.74, 6) is -0.315. The maximum Gasteiger partial charge on any atom is 0.328 e. The molecule has 1 amide bonds. The van der Waals surface area contributed by atoms with Crippen LogP contribution in [0, 0.1) is 5.92 Å². The molecule has 0 unspecified atom stereocenters. The second-order valence-corrected chi connectivity index (χ2v) is 5.08. The van der Waals surface area contributed by atoms with Crippen molar-refractivity contribution < 1.29 is 14.7 Å². The van der Waals surface area contributed by atoms with Crippen LogP contribution in [0.2, 0.25) is 0 Å². The molecule has 0 heterocycles. The Morgan fingerprint density at radius 1 is 1.40 bits per heavy atom. The molecule has 0 radical (unpaired) electrons. The van der Waals surface area contributed by atoms with Gasteiger partial charge >= 0.3 is 5.97 Å². The third kappa shape index (κ3) is 3.95. The third-order valence-corrected chi connectivity index (χ3v) is 3.40. The smallest absolute Gasteiger partial charge is 0.328 e. The van der Waals surface area contributed by atoms with E-state index in [1.807, 2.05) is 11.8 Å². The predicted molar refractivity (Wildman–Crippen MR) is 77.4 cm³/mol. The van der Waals surface area contributed by atoms with Crippen LogP contribution in [0.15, 0.2) is 30.3 Å². The van der Waals surface area contributed by atoms with Gasteiger partial charge in [0, 0.05) is 24.7 Å². The number of hydrogen-bond acceptors (Lipinski definition) is 2. The van der Waals surface area contributed by atoms with Crippen molar-refractivity contribution in [3.63, 3.8) is 0 Å². The van der Waals surface area contributed by atoms with Crippen LogP contribution in [-0.4, -0.2) is 35.0 Å². The summed E-state index contributed by atoms with van der Waals surface area (Å²) in [4.78, 5) is 24.8. The number of hydrogen-bond donors (Lipinski definition) is 1. The molecule has 2 rings (SSSR count). The Labute approximate surface area is 118 Å². The van der Waals surface area contributed by atoms with Gasteiger partial charge in [0.15, 0.2) is 0 Å². The molecule has 1 saturated carbocycles. The zero-order valence-corrected chi connectivity index (χ0v) is 11.6. The highest BCUT2D eigenvalue weighted by Gasteiger charge is 2.26. The van der Waals surface area contributed by atoms with E-state index in [0.717, 1.165) is 18.2 Å². The number of carboxylic acid groups (broad SMARTS) is 1. The fraction of sp³-hybridized carbons (Fsp3) is 0.375. The SMILES string of the molecule is CCN(CC1CC1)C(=O)c1cccc(C=CC(=O)O)c1. The Morgan fingerprint density at radius 2 is 2.15 bits per heavy atom. The number of aliphatic carboxylic acids is 1. The Bertz CT molecular complexity index is 532. The van der Waals surface area contributed by atoms with E-state index in [-0.39, 0.29) is 5.91 Å². The van der Waals surface area contributed by atoms with Crippen LogP contribution in [0.1, 0.15) is 35.7 Å². The van der Waals surface area contributed by atoms with Crippen molar-refractivity contribution in [1.82, 2.24) is 4.90 Å². The number of carbonyl (C=O) groups excluding carboxylic acids is 1. The molecule has 106 valence electrons. The van der Waals surface area contributed by atoms with Gasteiger partial charge in [0.1, 0.15) is 0 Å². The number of benzene rings is 1. The molecule has 1 aliphatic carbocycles. The summed E-state index contributed by atoms with van der Waals surface area (Å²) in [5.41, 5.74) is 1.33. The van der Waals surface area contributed by atoms with Gasteiger partial charge in [-0.3, -0.25) is 4.79 Å². The van der Waals surface area contributed by atoms with Gasteiger partial charge < -0.3 is 10.0 Å². The zero-order chi connectivity index (χ0) is 14.5. The number of carboxylic acids is 1. The van der Waals surface area contributed by atoms with Gasteiger partial charge in [0.2, 0.25) is 0 Å². The minimum atomic E-state index is -0.995. The Balaban J connectivity index is 2.11. The molecule has 0 aliphatic heterocycles. The highest BCUT2D eigenvalue weighted by atomic mass is 16.4. The van der Waals surface area contributed by atoms with Crippen molar-refractivity contribution >= 4 is 18.0 Å². The maximum absolute atomic E-state index is 12.4. The lowest BCUT2D eigenvalue weighted by atomic mass is 10.1. The van der Waals surface area contributed by atoms with E-state index in [0.29, 0.717) is 18.0 Å². The van der Waals surface area contributed by atoms with Gasteiger partial charge in [-0.05, 0) is 49.5 Å². The summed E-state index contributed by atoms with van der Waals surface area (Å²) in [6.07, 6.45) is 5.00. The summed E-state index contributed by atoms with van der Waals surface area (Å²) in [7, 11) is 0. The molecule has 0 aromatic heterocycles. The van der Waals surface area contributed by atoms with Gasteiger partial charge in [-0.15, -0.1) is 0 Å². The second-order valence-electron chi connectivity index (χ2n) is 5.08. The van der Waals surface area contributed by atoms with Crippen LogP contribution in [0.5, 0.6) is 0 Å². The van der Waals surface area contributed by atoms with Crippen molar-refractivity contribution in [3.8, 4) is 0 Å². The molecule has 1 aromatic rings. The van der Waals surface area contributed by atoms with Crippen molar-refractivity contribution in [2.75, 3.05) is 13.1 Å². The van der Waals surface area contributed by atoms with Crippen molar-refractivity contribution in [2.45, 2.75) is 19.8 Å².